The summed E-state index contributed by atoms with van der Waals surface area (Å²) in [7, 11) is -3.64. The van der Waals surface area contributed by atoms with Crippen LogP contribution in [0.1, 0.15) is 31.7 Å². The van der Waals surface area contributed by atoms with Crippen LogP contribution in [-0.2, 0) is 16.6 Å². The van der Waals surface area contributed by atoms with Crippen molar-refractivity contribution in [2.45, 2.75) is 49.1 Å². The lowest BCUT2D eigenvalue weighted by Gasteiger charge is -2.19. The van der Waals surface area contributed by atoms with E-state index in [9.17, 15) is 8.42 Å². The van der Waals surface area contributed by atoms with E-state index < -0.39 is 10.0 Å². The van der Waals surface area contributed by atoms with Crippen LogP contribution < -0.4 is 4.72 Å². The summed E-state index contributed by atoms with van der Waals surface area (Å²) in [5.74, 6) is 0.981. The summed E-state index contributed by atoms with van der Waals surface area (Å²) in [6.07, 6.45) is 4.28. The quantitative estimate of drug-likeness (QED) is 0.724. The van der Waals surface area contributed by atoms with Gasteiger partial charge in [0.15, 0.2) is 5.03 Å². The SMILES string of the molecule is CCSC1CCCC1NS(=O)(=O)c1[nH]ncc1CO. The van der Waals surface area contributed by atoms with E-state index in [0.29, 0.717) is 10.8 Å². The number of nitrogens with one attached hydrogen (secondary N) is 2. The number of rotatable bonds is 6. The average molecular weight is 305 g/mol. The van der Waals surface area contributed by atoms with E-state index in [1.165, 1.54) is 6.20 Å². The van der Waals surface area contributed by atoms with Crippen molar-refractivity contribution >= 4 is 21.8 Å². The van der Waals surface area contributed by atoms with Gasteiger partial charge in [-0.15, -0.1) is 0 Å². The fourth-order valence-corrected chi connectivity index (χ4v) is 5.10. The number of hydrogen-bond acceptors (Lipinski definition) is 5. The maximum atomic E-state index is 12.3. The molecule has 2 rings (SSSR count). The molecule has 19 heavy (non-hydrogen) atoms. The zero-order valence-electron chi connectivity index (χ0n) is 10.8. The second kappa shape index (κ2) is 6.25. The lowest BCUT2D eigenvalue weighted by molar-refractivity contribution is 0.278. The van der Waals surface area contributed by atoms with E-state index in [1.54, 1.807) is 11.8 Å². The molecular weight excluding hydrogens is 286 g/mol. The minimum atomic E-state index is -3.64. The third-order valence-corrected chi connectivity index (χ3v) is 6.09. The number of nitrogens with zero attached hydrogens (tertiary/aromatic N) is 1. The first kappa shape index (κ1) is 14.8. The predicted octanol–water partition coefficient (Wildman–Crippen LogP) is 0.854. The van der Waals surface area contributed by atoms with Gasteiger partial charge in [0.05, 0.1) is 12.8 Å². The predicted molar refractivity (Wildman–Crippen MR) is 74.4 cm³/mol. The highest BCUT2D eigenvalue weighted by molar-refractivity contribution is 8.00. The van der Waals surface area contributed by atoms with Crippen LogP contribution in [0.15, 0.2) is 11.2 Å². The summed E-state index contributed by atoms with van der Waals surface area (Å²) in [4.78, 5) is 0. The maximum Gasteiger partial charge on any atom is 0.258 e. The average Bonchev–Trinajstić information content (AvgIpc) is 2.99. The van der Waals surface area contributed by atoms with Gasteiger partial charge in [0.2, 0.25) is 0 Å². The first-order chi connectivity index (χ1) is 9.08. The molecule has 0 aliphatic heterocycles. The van der Waals surface area contributed by atoms with Gasteiger partial charge in [-0.25, -0.2) is 13.1 Å². The normalized spacial score (nSPS) is 23.9. The van der Waals surface area contributed by atoms with E-state index >= 15 is 0 Å². The summed E-state index contributed by atoms with van der Waals surface area (Å²) in [5, 5.41) is 15.5. The molecule has 108 valence electrons. The summed E-state index contributed by atoms with van der Waals surface area (Å²) in [6, 6.07) is -0.0372. The number of aliphatic hydroxyl groups is 1. The molecule has 1 aromatic heterocycles. The van der Waals surface area contributed by atoms with Crippen molar-refractivity contribution in [1.82, 2.24) is 14.9 Å². The van der Waals surface area contributed by atoms with Crippen LogP contribution >= 0.6 is 11.8 Å². The number of hydrogen-bond donors (Lipinski definition) is 3. The molecule has 0 amide bonds. The Bertz CT molecular complexity index is 515. The number of H-pyrrole nitrogens is 1. The molecule has 1 fully saturated rings. The van der Waals surface area contributed by atoms with Gasteiger partial charge in [-0.05, 0) is 18.6 Å². The van der Waals surface area contributed by atoms with Crippen LogP contribution in [0.2, 0.25) is 0 Å². The Kier molecular flexibility index (Phi) is 4.88. The molecule has 0 aromatic carbocycles. The number of aromatic nitrogens is 2. The van der Waals surface area contributed by atoms with Gasteiger partial charge in [0.1, 0.15) is 0 Å². The third-order valence-electron chi connectivity index (χ3n) is 3.26. The Morgan fingerprint density at radius 2 is 2.37 bits per heavy atom. The summed E-state index contributed by atoms with van der Waals surface area (Å²) in [6.45, 7) is 1.73. The zero-order chi connectivity index (χ0) is 13.9. The minimum Gasteiger partial charge on any atom is -0.392 e. The molecule has 1 aromatic rings. The highest BCUT2D eigenvalue weighted by Crippen LogP contribution is 2.31. The third kappa shape index (κ3) is 3.31. The topological polar surface area (TPSA) is 95.1 Å². The van der Waals surface area contributed by atoms with Crippen molar-refractivity contribution in [3.05, 3.63) is 11.8 Å². The Balaban J connectivity index is 2.13. The second-order valence-corrected chi connectivity index (χ2v) is 7.70. The Hall–Kier alpha value is -0.570. The molecule has 0 radical (unpaired) electrons. The molecule has 0 spiro atoms. The van der Waals surface area contributed by atoms with Gasteiger partial charge in [0.25, 0.3) is 10.0 Å². The monoisotopic (exact) mass is 305 g/mol. The fraction of sp³-hybridized carbons (Fsp3) is 0.727. The number of aliphatic hydroxyl groups excluding tert-OH is 1. The molecule has 6 nitrogen and oxygen atoms in total. The van der Waals surface area contributed by atoms with Crippen LogP contribution in [-0.4, -0.2) is 40.8 Å². The van der Waals surface area contributed by atoms with Crippen molar-refractivity contribution in [3.63, 3.8) is 0 Å². The second-order valence-electron chi connectivity index (χ2n) is 4.53. The van der Waals surface area contributed by atoms with Crippen LogP contribution in [0, 0.1) is 0 Å². The van der Waals surface area contributed by atoms with Gasteiger partial charge in [0, 0.05) is 16.9 Å². The largest absolute Gasteiger partial charge is 0.392 e. The Morgan fingerprint density at radius 3 is 3.05 bits per heavy atom. The van der Waals surface area contributed by atoms with Gasteiger partial charge >= 0.3 is 0 Å². The Morgan fingerprint density at radius 1 is 1.58 bits per heavy atom. The Labute approximate surface area is 117 Å². The van der Waals surface area contributed by atoms with Crippen molar-refractivity contribution in [2.75, 3.05) is 5.75 Å². The van der Waals surface area contributed by atoms with E-state index in [2.05, 4.69) is 21.8 Å². The summed E-state index contributed by atoms with van der Waals surface area (Å²) >= 11 is 1.79. The number of thioether (sulfide) groups is 1. The van der Waals surface area contributed by atoms with Crippen LogP contribution in [0.25, 0.3) is 0 Å². The van der Waals surface area contributed by atoms with Gasteiger partial charge in [-0.1, -0.05) is 13.3 Å². The standard InChI is InChI=1S/C11H19N3O3S2/c1-2-18-10-5-3-4-9(10)14-19(16,17)11-8(7-15)6-12-13-11/h6,9-10,14-15H,2-5,7H2,1H3,(H,12,13). The van der Waals surface area contributed by atoms with E-state index in [1.807, 2.05) is 0 Å². The molecule has 1 aliphatic rings. The molecule has 1 aliphatic carbocycles. The highest BCUT2D eigenvalue weighted by Gasteiger charge is 2.32. The van der Waals surface area contributed by atoms with E-state index in [0.717, 1.165) is 25.0 Å². The number of aromatic amines is 1. The van der Waals surface area contributed by atoms with E-state index in [4.69, 9.17) is 5.11 Å². The molecular formula is C11H19N3O3S2. The lowest BCUT2D eigenvalue weighted by Crippen LogP contribution is -2.39. The van der Waals surface area contributed by atoms with Crippen molar-refractivity contribution in [1.29, 1.82) is 0 Å². The van der Waals surface area contributed by atoms with Gasteiger partial charge < -0.3 is 5.11 Å². The molecule has 2 atom stereocenters. The number of sulfonamides is 1. The van der Waals surface area contributed by atoms with Crippen LogP contribution in [0.3, 0.4) is 0 Å². The molecule has 1 heterocycles. The molecule has 2 unspecified atom stereocenters. The summed E-state index contributed by atoms with van der Waals surface area (Å²) < 4.78 is 27.3. The first-order valence-corrected chi connectivity index (χ1v) is 8.88. The van der Waals surface area contributed by atoms with Crippen LogP contribution in [0.4, 0.5) is 0 Å². The maximum absolute atomic E-state index is 12.3. The van der Waals surface area contributed by atoms with E-state index in [-0.39, 0.29) is 17.7 Å². The molecule has 8 heteroatoms. The van der Waals surface area contributed by atoms with Crippen molar-refractivity contribution in [3.8, 4) is 0 Å². The molecule has 3 N–H and O–H groups in total. The zero-order valence-corrected chi connectivity index (χ0v) is 12.4. The van der Waals surface area contributed by atoms with Crippen LogP contribution in [0.5, 0.6) is 0 Å². The van der Waals surface area contributed by atoms with Crippen molar-refractivity contribution in [2.24, 2.45) is 0 Å². The summed E-state index contributed by atoms with van der Waals surface area (Å²) in [5.41, 5.74) is 0.296. The fourth-order valence-electron chi connectivity index (χ4n) is 2.38. The lowest BCUT2D eigenvalue weighted by atomic mass is 10.3. The van der Waals surface area contributed by atoms with Gasteiger partial charge in [-0.2, -0.15) is 16.9 Å². The smallest absolute Gasteiger partial charge is 0.258 e. The van der Waals surface area contributed by atoms with Crippen molar-refractivity contribution < 1.29 is 13.5 Å². The molecule has 1 saturated carbocycles. The molecule has 0 saturated heterocycles. The highest BCUT2D eigenvalue weighted by atomic mass is 32.2. The van der Waals surface area contributed by atoms with Gasteiger partial charge in [-0.3, -0.25) is 5.10 Å². The molecule has 0 bridgehead atoms. The first-order valence-electron chi connectivity index (χ1n) is 6.35. The minimum absolute atomic E-state index is 0.0258.